The number of nitrogens with two attached hydrogens (primary N) is 2. The minimum Gasteiger partial charge on any atom is -0.367 e. The maximum atomic E-state index is 12.7. The van der Waals surface area contributed by atoms with E-state index >= 15 is 0 Å². The predicted molar refractivity (Wildman–Crippen MR) is 89.1 cm³/mol. The van der Waals surface area contributed by atoms with E-state index in [1.54, 1.807) is 62.4 Å². The molecule has 0 unspecified atom stereocenters. The Labute approximate surface area is 135 Å². The molecular weight excluding hydrogens is 290 g/mol. The van der Waals surface area contributed by atoms with Crippen LogP contribution in [0.2, 0.25) is 0 Å². The zero-order valence-electron chi connectivity index (χ0n) is 13.2. The molecule has 0 aliphatic heterocycles. The molecule has 23 heavy (non-hydrogen) atoms. The van der Waals surface area contributed by atoms with Crippen molar-refractivity contribution < 1.29 is 9.59 Å². The molecule has 0 fully saturated rings. The van der Waals surface area contributed by atoms with E-state index in [4.69, 9.17) is 11.5 Å². The fourth-order valence-electron chi connectivity index (χ4n) is 2.32. The van der Waals surface area contributed by atoms with E-state index in [1.807, 2.05) is 12.1 Å². The lowest BCUT2D eigenvalue weighted by Crippen LogP contribution is -2.59. The maximum Gasteiger partial charge on any atom is 0.247 e. The van der Waals surface area contributed by atoms with Crippen molar-refractivity contribution in [3.05, 3.63) is 71.8 Å². The van der Waals surface area contributed by atoms with Crippen LogP contribution < -0.4 is 16.8 Å². The number of benzene rings is 2. The normalized spacial score (nSPS) is 16.0. The topological polar surface area (TPSA) is 98.2 Å². The molecule has 120 valence electrons. The van der Waals surface area contributed by atoms with E-state index < -0.39 is 22.9 Å². The lowest BCUT2D eigenvalue weighted by molar-refractivity contribution is -0.134. The molecule has 0 bridgehead atoms. The van der Waals surface area contributed by atoms with Crippen LogP contribution in [0.5, 0.6) is 0 Å². The van der Waals surface area contributed by atoms with E-state index in [0.717, 1.165) is 0 Å². The van der Waals surface area contributed by atoms with Gasteiger partial charge >= 0.3 is 0 Å². The van der Waals surface area contributed by atoms with Crippen LogP contribution in [-0.2, 0) is 20.7 Å². The van der Waals surface area contributed by atoms with Crippen LogP contribution in [-0.4, -0.2) is 11.8 Å². The molecule has 2 atom stereocenters. The first-order chi connectivity index (χ1) is 10.8. The Balaban J connectivity index is 2.34. The zero-order chi connectivity index (χ0) is 17.1. The Kier molecular flexibility index (Phi) is 4.52. The van der Waals surface area contributed by atoms with Gasteiger partial charge in [-0.2, -0.15) is 0 Å². The van der Waals surface area contributed by atoms with Crippen molar-refractivity contribution in [2.75, 3.05) is 0 Å². The maximum absolute atomic E-state index is 12.7. The number of nitrogens with one attached hydrogen (secondary N) is 1. The van der Waals surface area contributed by atoms with Crippen molar-refractivity contribution in [3.8, 4) is 0 Å². The van der Waals surface area contributed by atoms with Gasteiger partial charge in [-0.05, 0) is 25.0 Å². The number of carbonyl (C=O) groups is 2. The first-order valence-corrected chi connectivity index (χ1v) is 7.31. The van der Waals surface area contributed by atoms with Crippen LogP contribution >= 0.6 is 0 Å². The van der Waals surface area contributed by atoms with Crippen LogP contribution in [0.1, 0.15) is 25.0 Å². The largest absolute Gasteiger partial charge is 0.367 e. The van der Waals surface area contributed by atoms with E-state index in [9.17, 15) is 9.59 Å². The SMILES string of the molecule is C[C@](N)(C(=O)N[C@@](C)(C(N)=O)c1ccccc1)c1ccccc1. The fourth-order valence-corrected chi connectivity index (χ4v) is 2.32. The molecule has 0 spiro atoms. The summed E-state index contributed by atoms with van der Waals surface area (Å²) in [5, 5.41) is 2.71. The van der Waals surface area contributed by atoms with Gasteiger partial charge in [-0.25, -0.2) is 0 Å². The van der Waals surface area contributed by atoms with Gasteiger partial charge in [0.05, 0.1) is 0 Å². The van der Waals surface area contributed by atoms with Crippen LogP contribution in [0.3, 0.4) is 0 Å². The number of primary amides is 1. The summed E-state index contributed by atoms with van der Waals surface area (Å²) >= 11 is 0. The molecule has 0 aromatic heterocycles. The first kappa shape index (κ1) is 16.7. The molecule has 2 amide bonds. The predicted octanol–water partition coefficient (Wildman–Crippen LogP) is 1.38. The van der Waals surface area contributed by atoms with Crippen LogP contribution in [0, 0.1) is 0 Å². The molecule has 0 saturated carbocycles. The lowest BCUT2D eigenvalue weighted by atomic mass is 9.87. The molecule has 0 heterocycles. The smallest absolute Gasteiger partial charge is 0.247 e. The molecule has 2 aromatic rings. The highest BCUT2D eigenvalue weighted by molar-refractivity contribution is 5.94. The average Bonchev–Trinajstić information content (AvgIpc) is 2.56. The summed E-state index contributed by atoms with van der Waals surface area (Å²) in [5.74, 6) is -1.13. The standard InChI is InChI=1S/C18H21N3O2/c1-17(20,13-9-5-3-6-10-13)16(23)21-18(2,15(19)22)14-11-7-4-8-12-14/h3-12H,20H2,1-2H3,(H2,19,22)(H,21,23)/t17-,18-/m1/s1. The summed E-state index contributed by atoms with van der Waals surface area (Å²) in [6.07, 6.45) is 0. The zero-order valence-corrected chi connectivity index (χ0v) is 13.2. The second-order valence-electron chi connectivity index (χ2n) is 5.88. The summed E-state index contributed by atoms with van der Waals surface area (Å²) < 4.78 is 0. The molecule has 0 saturated heterocycles. The minimum absolute atomic E-state index is 0.478. The van der Waals surface area contributed by atoms with Crippen molar-refractivity contribution in [2.45, 2.75) is 24.9 Å². The molecular formula is C18H21N3O2. The Hall–Kier alpha value is -2.66. The highest BCUT2D eigenvalue weighted by atomic mass is 16.2. The molecule has 2 aromatic carbocycles. The van der Waals surface area contributed by atoms with E-state index in [-0.39, 0.29) is 0 Å². The minimum atomic E-state index is -1.34. The molecule has 5 nitrogen and oxygen atoms in total. The average molecular weight is 311 g/mol. The summed E-state index contributed by atoms with van der Waals surface area (Å²) in [6.45, 7) is 3.17. The number of rotatable bonds is 5. The highest BCUT2D eigenvalue weighted by Crippen LogP contribution is 2.24. The van der Waals surface area contributed by atoms with Gasteiger partial charge in [-0.15, -0.1) is 0 Å². The first-order valence-electron chi connectivity index (χ1n) is 7.31. The van der Waals surface area contributed by atoms with Gasteiger partial charge in [0, 0.05) is 0 Å². The quantitative estimate of drug-likeness (QED) is 0.778. The third-order valence-electron chi connectivity index (χ3n) is 4.05. The van der Waals surface area contributed by atoms with Gasteiger partial charge in [0.2, 0.25) is 11.8 Å². The molecule has 5 N–H and O–H groups in total. The molecule has 0 aliphatic carbocycles. The van der Waals surface area contributed by atoms with Gasteiger partial charge in [0.15, 0.2) is 0 Å². The Bertz CT molecular complexity index is 699. The third-order valence-corrected chi connectivity index (χ3v) is 4.05. The third kappa shape index (κ3) is 3.24. The van der Waals surface area contributed by atoms with Crippen molar-refractivity contribution in [3.63, 3.8) is 0 Å². The van der Waals surface area contributed by atoms with Crippen molar-refractivity contribution >= 4 is 11.8 Å². The Morgan fingerprint density at radius 2 is 1.30 bits per heavy atom. The number of hydrogen-bond acceptors (Lipinski definition) is 3. The van der Waals surface area contributed by atoms with E-state index in [0.29, 0.717) is 11.1 Å². The molecule has 2 rings (SSSR count). The second-order valence-corrected chi connectivity index (χ2v) is 5.88. The van der Waals surface area contributed by atoms with Crippen LogP contribution in [0.4, 0.5) is 0 Å². The summed E-state index contributed by atoms with van der Waals surface area (Å²) in [5.41, 5.74) is 10.4. The number of hydrogen-bond donors (Lipinski definition) is 3. The van der Waals surface area contributed by atoms with Gasteiger partial charge in [0.25, 0.3) is 0 Å². The highest BCUT2D eigenvalue weighted by Gasteiger charge is 2.40. The monoisotopic (exact) mass is 311 g/mol. The van der Waals surface area contributed by atoms with Gasteiger partial charge < -0.3 is 16.8 Å². The number of carbonyl (C=O) groups excluding carboxylic acids is 2. The number of amides is 2. The molecule has 5 heteroatoms. The Morgan fingerprint density at radius 1 is 0.870 bits per heavy atom. The van der Waals surface area contributed by atoms with Crippen LogP contribution in [0.15, 0.2) is 60.7 Å². The lowest BCUT2D eigenvalue weighted by Gasteiger charge is -2.33. The van der Waals surface area contributed by atoms with Gasteiger partial charge in [-0.3, -0.25) is 9.59 Å². The second kappa shape index (κ2) is 6.22. The molecule has 0 radical (unpaired) electrons. The van der Waals surface area contributed by atoms with E-state index in [2.05, 4.69) is 5.32 Å². The van der Waals surface area contributed by atoms with Crippen molar-refractivity contribution in [2.24, 2.45) is 11.5 Å². The summed E-state index contributed by atoms with van der Waals surface area (Å²) in [7, 11) is 0. The fraction of sp³-hybridized carbons (Fsp3) is 0.222. The van der Waals surface area contributed by atoms with Crippen LogP contribution in [0.25, 0.3) is 0 Å². The Morgan fingerprint density at radius 3 is 1.74 bits per heavy atom. The van der Waals surface area contributed by atoms with Gasteiger partial charge in [0.1, 0.15) is 11.1 Å². The van der Waals surface area contributed by atoms with Crippen molar-refractivity contribution in [1.29, 1.82) is 0 Å². The van der Waals surface area contributed by atoms with Crippen molar-refractivity contribution in [1.82, 2.24) is 5.32 Å². The summed E-state index contributed by atoms with van der Waals surface area (Å²) in [4.78, 5) is 24.7. The van der Waals surface area contributed by atoms with Gasteiger partial charge in [-0.1, -0.05) is 60.7 Å². The van der Waals surface area contributed by atoms with E-state index in [1.165, 1.54) is 0 Å². The molecule has 0 aliphatic rings. The summed E-state index contributed by atoms with van der Waals surface area (Å²) in [6, 6.07) is 17.8.